The molecule has 0 radical (unpaired) electrons. The summed E-state index contributed by atoms with van der Waals surface area (Å²) in [4.78, 5) is 10.5. The van der Waals surface area contributed by atoms with Crippen molar-refractivity contribution in [3.05, 3.63) is 0 Å². The number of nitrogens with one attached hydrogen (secondary N) is 1. The first kappa shape index (κ1) is 10.7. The van der Waals surface area contributed by atoms with E-state index in [-0.39, 0.29) is 6.04 Å². The smallest absolute Gasteiger partial charge is 0.136 e. The number of carbonyl (C=O) groups is 1. The molecule has 1 saturated carbocycles. The van der Waals surface area contributed by atoms with Gasteiger partial charge in [-0.05, 0) is 25.2 Å². The molecule has 13 heavy (non-hydrogen) atoms. The lowest BCUT2D eigenvalue weighted by molar-refractivity contribution is -0.109. The van der Waals surface area contributed by atoms with E-state index in [4.69, 9.17) is 0 Å². The molecule has 1 aliphatic heterocycles. The van der Waals surface area contributed by atoms with Gasteiger partial charge in [-0.15, -0.1) is 0 Å². The first-order valence-corrected chi connectivity index (χ1v) is 5.61. The number of hydrogen-bond acceptors (Lipinski definition) is 2. The summed E-state index contributed by atoms with van der Waals surface area (Å²) in [5.41, 5.74) is 0. The molecule has 1 heterocycles. The fourth-order valence-electron chi connectivity index (χ4n) is 2.47. The molecule has 2 rings (SSSR count). The summed E-state index contributed by atoms with van der Waals surface area (Å²) in [6.07, 6.45) is 7.50. The zero-order chi connectivity index (χ0) is 9.68. The van der Waals surface area contributed by atoms with Gasteiger partial charge in [-0.2, -0.15) is 0 Å². The molecular weight excluding hydrogens is 162 g/mol. The molecule has 0 spiro atoms. The second-order valence-electron chi connectivity index (χ2n) is 3.80. The van der Waals surface area contributed by atoms with Crippen LogP contribution in [0.5, 0.6) is 0 Å². The zero-order valence-corrected chi connectivity index (χ0v) is 8.75. The van der Waals surface area contributed by atoms with Crippen LogP contribution in [0.15, 0.2) is 0 Å². The summed E-state index contributed by atoms with van der Waals surface area (Å²) in [7, 11) is 0. The van der Waals surface area contributed by atoms with E-state index in [9.17, 15) is 4.79 Å². The van der Waals surface area contributed by atoms with Crippen LogP contribution in [0.2, 0.25) is 0 Å². The van der Waals surface area contributed by atoms with E-state index in [0.29, 0.717) is 6.04 Å². The summed E-state index contributed by atoms with van der Waals surface area (Å²) in [5.74, 6) is 0.805. The van der Waals surface area contributed by atoms with Crippen LogP contribution in [0.25, 0.3) is 0 Å². The molecule has 2 nitrogen and oxygen atoms in total. The third kappa shape index (κ3) is 2.53. The highest BCUT2D eigenvalue weighted by molar-refractivity contribution is 5.58. The van der Waals surface area contributed by atoms with Crippen LogP contribution in [-0.2, 0) is 4.79 Å². The van der Waals surface area contributed by atoms with Gasteiger partial charge in [0.05, 0.1) is 6.04 Å². The SMILES string of the molecule is CC.O=CC1CC2CCCCC2N1. The van der Waals surface area contributed by atoms with Gasteiger partial charge in [-0.3, -0.25) is 0 Å². The van der Waals surface area contributed by atoms with Gasteiger partial charge in [0.15, 0.2) is 0 Å². The fraction of sp³-hybridized carbons (Fsp3) is 0.909. The Labute approximate surface area is 81.1 Å². The number of fused-ring (bicyclic) bond motifs is 1. The van der Waals surface area contributed by atoms with Crippen molar-refractivity contribution in [2.24, 2.45) is 5.92 Å². The minimum Gasteiger partial charge on any atom is -0.305 e. The molecule has 0 aromatic heterocycles. The fourth-order valence-corrected chi connectivity index (χ4v) is 2.47. The van der Waals surface area contributed by atoms with E-state index >= 15 is 0 Å². The second kappa shape index (κ2) is 5.38. The Bertz CT molecular complexity index is 144. The largest absolute Gasteiger partial charge is 0.305 e. The van der Waals surface area contributed by atoms with Gasteiger partial charge in [0.1, 0.15) is 6.29 Å². The van der Waals surface area contributed by atoms with E-state index in [1.807, 2.05) is 13.8 Å². The molecular formula is C11H21NO. The van der Waals surface area contributed by atoms with Crippen molar-refractivity contribution in [1.29, 1.82) is 0 Å². The normalized spacial score (nSPS) is 37.2. The average molecular weight is 183 g/mol. The quantitative estimate of drug-likeness (QED) is 0.631. The third-order valence-electron chi connectivity index (χ3n) is 3.06. The monoisotopic (exact) mass is 183 g/mol. The Morgan fingerprint density at radius 1 is 1.23 bits per heavy atom. The van der Waals surface area contributed by atoms with Crippen molar-refractivity contribution >= 4 is 6.29 Å². The van der Waals surface area contributed by atoms with Gasteiger partial charge in [0.25, 0.3) is 0 Å². The van der Waals surface area contributed by atoms with Crippen LogP contribution >= 0.6 is 0 Å². The Hall–Kier alpha value is -0.370. The lowest BCUT2D eigenvalue weighted by Gasteiger charge is -2.24. The van der Waals surface area contributed by atoms with E-state index in [0.717, 1.165) is 18.6 Å². The highest BCUT2D eigenvalue weighted by Gasteiger charge is 2.34. The molecule has 1 saturated heterocycles. The summed E-state index contributed by atoms with van der Waals surface area (Å²) >= 11 is 0. The summed E-state index contributed by atoms with van der Waals surface area (Å²) in [6, 6.07) is 0.835. The average Bonchev–Trinajstić information content (AvgIpc) is 2.63. The van der Waals surface area contributed by atoms with Crippen LogP contribution in [-0.4, -0.2) is 18.4 Å². The van der Waals surface area contributed by atoms with Gasteiger partial charge in [0.2, 0.25) is 0 Å². The maximum atomic E-state index is 10.5. The lowest BCUT2D eigenvalue weighted by atomic mass is 9.85. The van der Waals surface area contributed by atoms with Gasteiger partial charge < -0.3 is 10.1 Å². The number of rotatable bonds is 1. The maximum absolute atomic E-state index is 10.5. The number of carbonyl (C=O) groups excluding carboxylic acids is 1. The van der Waals surface area contributed by atoms with E-state index in [1.165, 1.54) is 25.7 Å². The third-order valence-corrected chi connectivity index (χ3v) is 3.06. The molecule has 2 heteroatoms. The summed E-state index contributed by atoms with van der Waals surface area (Å²) < 4.78 is 0. The standard InChI is InChI=1S/C9H15NO.C2H6/c11-6-8-5-7-3-1-2-4-9(7)10-8;1-2/h6-10H,1-5H2;1-2H3. The first-order chi connectivity index (χ1) is 6.40. The molecule has 0 amide bonds. The van der Waals surface area contributed by atoms with Crippen molar-refractivity contribution in [3.63, 3.8) is 0 Å². The van der Waals surface area contributed by atoms with E-state index < -0.39 is 0 Å². The first-order valence-electron chi connectivity index (χ1n) is 5.61. The van der Waals surface area contributed by atoms with Crippen molar-refractivity contribution in [2.75, 3.05) is 0 Å². The summed E-state index contributed by atoms with van der Waals surface area (Å²) in [6.45, 7) is 4.00. The van der Waals surface area contributed by atoms with Gasteiger partial charge in [0, 0.05) is 6.04 Å². The molecule has 0 aromatic carbocycles. The Morgan fingerprint density at radius 3 is 2.54 bits per heavy atom. The van der Waals surface area contributed by atoms with Crippen molar-refractivity contribution in [3.8, 4) is 0 Å². The molecule has 1 aliphatic carbocycles. The Morgan fingerprint density at radius 2 is 1.92 bits per heavy atom. The minimum absolute atomic E-state index is 0.170. The zero-order valence-electron chi connectivity index (χ0n) is 8.75. The van der Waals surface area contributed by atoms with Crippen LogP contribution in [0.1, 0.15) is 46.0 Å². The molecule has 76 valence electrons. The molecule has 0 aromatic rings. The molecule has 0 bridgehead atoms. The summed E-state index contributed by atoms with van der Waals surface area (Å²) in [5, 5.41) is 3.37. The lowest BCUT2D eigenvalue weighted by Crippen LogP contribution is -2.33. The number of aldehydes is 1. The van der Waals surface area contributed by atoms with Gasteiger partial charge >= 0.3 is 0 Å². The number of hydrogen-bond donors (Lipinski definition) is 1. The molecule has 2 fully saturated rings. The van der Waals surface area contributed by atoms with Crippen molar-refractivity contribution in [1.82, 2.24) is 5.32 Å². The predicted molar refractivity (Wildman–Crippen MR) is 54.7 cm³/mol. The van der Waals surface area contributed by atoms with E-state index in [1.54, 1.807) is 0 Å². The molecule has 1 N–H and O–H groups in total. The Kier molecular flexibility index (Phi) is 4.43. The highest BCUT2D eigenvalue weighted by atomic mass is 16.1. The van der Waals surface area contributed by atoms with Crippen LogP contribution in [0.4, 0.5) is 0 Å². The maximum Gasteiger partial charge on any atom is 0.136 e. The molecule has 2 aliphatic rings. The van der Waals surface area contributed by atoms with Crippen molar-refractivity contribution in [2.45, 2.75) is 58.0 Å². The Balaban J connectivity index is 0.000000396. The highest BCUT2D eigenvalue weighted by Crippen LogP contribution is 2.32. The van der Waals surface area contributed by atoms with Crippen LogP contribution in [0, 0.1) is 5.92 Å². The topological polar surface area (TPSA) is 29.1 Å². The van der Waals surface area contributed by atoms with Gasteiger partial charge in [-0.1, -0.05) is 26.7 Å². The van der Waals surface area contributed by atoms with Crippen LogP contribution < -0.4 is 5.32 Å². The van der Waals surface area contributed by atoms with Gasteiger partial charge in [-0.25, -0.2) is 0 Å². The molecule has 3 unspecified atom stereocenters. The second-order valence-corrected chi connectivity index (χ2v) is 3.80. The molecule has 3 atom stereocenters. The predicted octanol–water partition coefficient (Wildman–Crippen LogP) is 2.13. The van der Waals surface area contributed by atoms with Crippen molar-refractivity contribution < 1.29 is 4.79 Å². The minimum atomic E-state index is 0.170. The van der Waals surface area contributed by atoms with E-state index in [2.05, 4.69) is 5.32 Å². The van der Waals surface area contributed by atoms with Crippen LogP contribution in [0.3, 0.4) is 0 Å².